The first-order valence-electron chi connectivity index (χ1n) is 27.5. The van der Waals surface area contributed by atoms with Crippen molar-refractivity contribution in [1.82, 2.24) is 37.2 Å². The second-order valence-electron chi connectivity index (χ2n) is 19.8. The molecule has 0 spiro atoms. The van der Waals surface area contributed by atoms with Crippen LogP contribution in [0.15, 0.2) is 0 Å². The van der Waals surface area contributed by atoms with Crippen LogP contribution in [0.25, 0.3) is 0 Å². The molecule has 4 unspecified atom stereocenters. The highest BCUT2D eigenvalue weighted by molar-refractivity contribution is 5.90. The van der Waals surface area contributed by atoms with Crippen molar-refractivity contribution in [1.29, 1.82) is 0 Å². The lowest BCUT2D eigenvalue weighted by atomic mass is 10.0. The van der Waals surface area contributed by atoms with E-state index < -0.39 is 215 Å². The SMILES string of the molecule is NC(=O)CC(C=O)NC(=O)CC[C@H](NC(=O)CCC(NC(=O)CC[C@H](NC(=O)CCC(NC(=O)CC[C@H](NC(=O)CCC(NC(=O)CCCCCCCCCCCCCCCCC(=O)O)C(=O)O)C(=O)O)C(=O)O)C(=O)O)C(=O)O)C(=O)O. The number of aliphatic carboxylic acids is 7. The minimum absolute atomic E-state index is 0.0587. The minimum Gasteiger partial charge on any atom is -0.481 e. The number of hydrogen-bond acceptors (Lipinski definition) is 16. The Bertz CT molecular complexity index is 2210. The summed E-state index contributed by atoms with van der Waals surface area (Å²) in [4.78, 5) is 191. The molecule has 0 saturated carbocycles. The number of aldehydes is 1. The Kier molecular flexibility index (Phi) is 39.1. The number of carboxylic acid groups (broad SMARTS) is 7. The number of unbranched alkanes of at least 4 members (excludes halogenated alkanes) is 13. The van der Waals surface area contributed by atoms with Crippen molar-refractivity contribution in [3.8, 4) is 0 Å². The highest BCUT2D eigenvalue weighted by Gasteiger charge is 2.29. The Morgan fingerprint density at radius 2 is 0.482 bits per heavy atom. The Morgan fingerprint density at radius 1 is 0.289 bits per heavy atom. The second kappa shape index (κ2) is 43.5. The fraction of sp³-hybridized carbons (Fsp3) is 0.692. The Balaban J connectivity index is 4.88. The Morgan fingerprint density at radius 3 is 0.675 bits per heavy atom. The molecule has 8 amide bonds. The van der Waals surface area contributed by atoms with Crippen LogP contribution in [0, 0.1) is 0 Å². The van der Waals surface area contributed by atoms with Gasteiger partial charge in [0.2, 0.25) is 47.3 Å². The quantitative estimate of drug-likeness (QED) is 0.0281. The average Bonchev–Trinajstić information content (AvgIpc) is 3.39. The molecule has 7 atom stereocenters. The van der Waals surface area contributed by atoms with E-state index in [4.69, 9.17) is 10.8 Å². The van der Waals surface area contributed by atoms with E-state index in [1.807, 2.05) is 0 Å². The summed E-state index contributed by atoms with van der Waals surface area (Å²) >= 11 is 0. The highest BCUT2D eigenvalue weighted by atomic mass is 16.4. The summed E-state index contributed by atoms with van der Waals surface area (Å²) in [6, 6.07) is -11.4. The molecule has 468 valence electrons. The number of primary amides is 1. The van der Waals surface area contributed by atoms with Gasteiger partial charge in [-0.25, -0.2) is 28.8 Å². The molecule has 0 bridgehead atoms. The number of nitrogens with one attached hydrogen (secondary N) is 7. The van der Waals surface area contributed by atoms with Gasteiger partial charge in [-0.2, -0.15) is 0 Å². The average molecular weight is 1190 g/mol. The van der Waals surface area contributed by atoms with Gasteiger partial charge in [-0.3, -0.25) is 43.2 Å². The van der Waals surface area contributed by atoms with E-state index in [0.717, 1.165) is 77.0 Å². The molecule has 83 heavy (non-hydrogen) atoms. The van der Waals surface area contributed by atoms with Crippen LogP contribution in [0.3, 0.4) is 0 Å². The zero-order chi connectivity index (χ0) is 62.9. The molecule has 0 aliphatic rings. The largest absolute Gasteiger partial charge is 0.481 e. The maximum Gasteiger partial charge on any atom is 0.326 e. The van der Waals surface area contributed by atoms with Crippen LogP contribution in [0.1, 0.15) is 186 Å². The summed E-state index contributed by atoms with van der Waals surface area (Å²) in [5.74, 6) is -17.7. The van der Waals surface area contributed by atoms with E-state index in [2.05, 4.69) is 37.2 Å². The third-order valence-electron chi connectivity index (χ3n) is 12.7. The normalized spacial score (nSPS) is 13.3. The van der Waals surface area contributed by atoms with Crippen LogP contribution in [-0.2, 0) is 76.7 Å². The third-order valence-corrected chi connectivity index (χ3v) is 12.7. The summed E-state index contributed by atoms with van der Waals surface area (Å²) in [6.07, 6.45) is 6.58. The summed E-state index contributed by atoms with van der Waals surface area (Å²) in [5.41, 5.74) is 4.98. The van der Waals surface area contributed by atoms with Crippen molar-refractivity contribution in [2.24, 2.45) is 5.73 Å². The van der Waals surface area contributed by atoms with Gasteiger partial charge in [0.25, 0.3) is 0 Å². The third kappa shape index (κ3) is 38.9. The molecule has 0 aromatic rings. The fourth-order valence-electron chi connectivity index (χ4n) is 8.11. The molecular formula is C52H82N8O23. The van der Waals surface area contributed by atoms with Crippen molar-refractivity contribution in [3.05, 3.63) is 0 Å². The van der Waals surface area contributed by atoms with Gasteiger partial charge in [-0.05, 0) is 51.4 Å². The molecule has 0 fully saturated rings. The van der Waals surface area contributed by atoms with Gasteiger partial charge in [0.05, 0.1) is 12.5 Å². The molecule has 0 aromatic carbocycles. The van der Waals surface area contributed by atoms with Crippen LogP contribution in [0.5, 0.6) is 0 Å². The van der Waals surface area contributed by atoms with Crippen LogP contribution in [-0.4, -0.2) is 173 Å². The van der Waals surface area contributed by atoms with Gasteiger partial charge in [0.1, 0.15) is 42.5 Å². The van der Waals surface area contributed by atoms with E-state index in [-0.39, 0.29) is 19.1 Å². The molecule has 31 nitrogen and oxygen atoms in total. The van der Waals surface area contributed by atoms with E-state index in [1.54, 1.807) is 0 Å². The predicted octanol–water partition coefficient (Wildman–Crippen LogP) is -0.0307. The highest BCUT2D eigenvalue weighted by Crippen LogP contribution is 2.15. The van der Waals surface area contributed by atoms with Gasteiger partial charge < -0.3 is 83.5 Å². The van der Waals surface area contributed by atoms with Gasteiger partial charge in [-0.1, -0.05) is 77.0 Å². The molecule has 0 radical (unpaired) electrons. The zero-order valence-electron chi connectivity index (χ0n) is 46.4. The number of carboxylic acids is 7. The van der Waals surface area contributed by atoms with Crippen LogP contribution >= 0.6 is 0 Å². The number of carbonyl (C=O) groups is 16. The lowest BCUT2D eigenvalue weighted by molar-refractivity contribution is -0.144. The molecule has 0 rings (SSSR count). The molecular weight excluding hydrogens is 1100 g/mol. The molecule has 31 heteroatoms. The number of amides is 8. The number of hydrogen-bond donors (Lipinski definition) is 15. The standard InChI is InChI=1S/C52H82N8O23/c53-38(62)29-31(30-61)54-40(64)23-17-33(48(74)75)56-42(66)25-19-35(50(78)79)58-44(68)27-21-37(52(82)83)60-45(69)28-22-36(51(80)81)59-43(67)26-20-34(49(76)77)57-41(65)24-18-32(47(72)73)55-39(63)15-13-11-9-7-5-3-1-2-4-6-8-10-12-14-16-46(70)71/h30-37H,1-29H2,(H2,53,62)(H,54,64)(H,55,63)(H,56,66)(H,57,65)(H,58,68)(H,59,67)(H,60,69)(H,70,71)(H,72,73)(H,74,75)(H,76,77)(H,78,79)(H,80,81)(H,82,83)/t31?,32?,33-,34-,35?,36?,37-/m0/s1. The van der Waals surface area contributed by atoms with Crippen LogP contribution in [0.2, 0.25) is 0 Å². The van der Waals surface area contributed by atoms with Gasteiger partial charge in [0.15, 0.2) is 0 Å². The van der Waals surface area contributed by atoms with Crippen molar-refractivity contribution >= 4 is 95.3 Å². The van der Waals surface area contributed by atoms with Crippen molar-refractivity contribution in [2.45, 2.75) is 228 Å². The smallest absolute Gasteiger partial charge is 0.326 e. The zero-order valence-corrected chi connectivity index (χ0v) is 46.4. The van der Waals surface area contributed by atoms with Crippen LogP contribution < -0.4 is 43.0 Å². The van der Waals surface area contributed by atoms with Crippen molar-refractivity contribution < 1.29 is 112 Å². The summed E-state index contributed by atoms with van der Waals surface area (Å²) in [7, 11) is 0. The Hall–Kier alpha value is -8.28. The second-order valence-corrected chi connectivity index (χ2v) is 19.8. The molecule has 0 heterocycles. The molecule has 0 aliphatic heterocycles. The number of carbonyl (C=O) groups excluding carboxylic acids is 9. The predicted molar refractivity (Wildman–Crippen MR) is 286 cm³/mol. The maximum absolute atomic E-state index is 12.7. The van der Waals surface area contributed by atoms with Crippen molar-refractivity contribution in [2.75, 3.05) is 0 Å². The first-order chi connectivity index (χ1) is 39.1. The van der Waals surface area contributed by atoms with E-state index in [0.29, 0.717) is 12.8 Å². The lowest BCUT2D eigenvalue weighted by Crippen LogP contribution is -2.46. The van der Waals surface area contributed by atoms with Crippen LogP contribution in [0.4, 0.5) is 0 Å². The summed E-state index contributed by atoms with van der Waals surface area (Å²) < 4.78 is 0. The first kappa shape index (κ1) is 74.7. The van der Waals surface area contributed by atoms with E-state index in [1.165, 1.54) is 0 Å². The summed E-state index contributed by atoms with van der Waals surface area (Å²) in [5, 5.41) is 81.3. The first-order valence-corrected chi connectivity index (χ1v) is 27.5. The van der Waals surface area contributed by atoms with E-state index in [9.17, 15) is 107 Å². The summed E-state index contributed by atoms with van der Waals surface area (Å²) in [6.45, 7) is 0. The maximum atomic E-state index is 12.7. The molecule has 0 saturated heterocycles. The lowest BCUT2D eigenvalue weighted by Gasteiger charge is -2.19. The van der Waals surface area contributed by atoms with Crippen molar-refractivity contribution in [3.63, 3.8) is 0 Å². The van der Waals surface area contributed by atoms with Gasteiger partial charge in [0, 0.05) is 51.4 Å². The number of nitrogens with two attached hydrogens (primary N) is 1. The van der Waals surface area contributed by atoms with Gasteiger partial charge >= 0.3 is 41.8 Å². The van der Waals surface area contributed by atoms with E-state index >= 15 is 0 Å². The number of rotatable bonds is 51. The molecule has 0 aliphatic carbocycles. The topological polar surface area (TPSA) is 525 Å². The fourth-order valence-corrected chi connectivity index (χ4v) is 8.11. The Labute approximate surface area is 478 Å². The molecule has 0 aromatic heterocycles. The monoisotopic (exact) mass is 1190 g/mol. The molecule has 16 N–H and O–H groups in total. The van der Waals surface area contributed by atoms with Gasteiger partial charge in [-0.15, -0.1) is 0 Å². The minimum atomic E-state index is -1.78.